The minimum Gasteiger partial charge on any atom is -0.480 e. The highest BCUT2D eigenvalue weighted by Gasteiger charge is 2.59. The van der Waals surface area contributed by atoms with Crippen LogP contribution in [0.2, 0.25) is 0 Å². The third kappa shape index (κ3) is 2.07. The topological polar surface area (TPSA) is 132 Å². The summed E-state index contributed by atoms with van der Waals surface area (Å²) in [4.78, 5) is 32.1. The molecule has 0 amide bonds. The monoisotopic (exact) mass is 220 g/mol. The summed E-state index contributed by atoms with van der Waals surface area (Å²) in [5, 5.41) is 35.2. The average Bonchev–Trinajstić information content (AvgIpc) is 2.02. The largest absolute Gasteiger partial charge is 0.480 e. The van der Waals surface area contributed by atoms with Crippen LogP contribution in [-0.2, 0) is 14.4 Å². The Hall–Kier alpha value is -1.63. The molecule has 0 aromatic heterocycles. The van der Waals surface area contributed by atoms with Crippen molar-refractivity contribution in [3.8, 4) is 0 Å². The second-order valence-corrected chi connectivity index (χ2v) is 3.03. The number of carbonyl (C=O) groups is 3. The molecular formula is C8H12O7. The van der Waals surface area contributed by atoms with E-state index in [1.54, 1.807) is 6.92 Å². The summed E-state index contributed by atoms with van der Waals surface area (Å²) in [5.41, 5.74) is -3.18. The number of aliphatic carboxylic acids is 3. The molecule has 0 aliphatic heterocycles. The Kier molecular flexibility index (Phi) is 4.22. The minimum atomic E-state index is -3.18. The van der Waals surface area contributed by atoms with E-state index in [2.05, 4.69) is 0 Å². The molecule has 1 unspecified atom stereocenters. The van der Waals surface area contributed by atoms with Crippen LogP contribution < -0.4 is 0 Å². The van der Waals surface area contributed by atoms with Gasteiger partial charge in [0.2, 0.25) is 0 Å². The third-order valence-corrected chi connectivity index (χ3v) is 2.07. The first kappa shape index (κ1) is 13.4. The minimum absolute atomic E-state index is 0.217. The predicted molar refractivity (Wildman–Crippen MR) is 46.3 cm³/mol. The second-order valence-electron chi connectivity index (χ2n) is 3.03. The van der Waals surface area contributed by atoms with Crippen molar-refractivity contribution in [2.75, 3.05) is 0 Å². The van der Waals surface area contributed by atoms with E-state index in [0.29, 0.717) is 0 Å². The van der Waals surface area contributed by atoms with E-state index in [1.165, 1.54) is 0 Å². The van der Waals surface area contributed by atoms with Gasteiger partial charge in [0.25, 0.3) is 5.41 Å². The molecule has 86 valence electrons. The van der Waals surface area contributed by atoms with Gasteiger partial charge in [-0.25, -0.2) is 0 Å². The summed E-state index contributed by atoms with van der Waals surface area (Å²) < 4.78 is 0. The van der Waals surface area contributed by atoms with Gasteiger partial charge in [-0.15, -0.1) is 0 Å². The lowest BCUT2D eigenvalue weighted by molar-refractivity contribution is -0.185. The highest BCUT2D eigenvalue weighted by atomic mass is 16.4. The average molecular weight is 220 g/mol. The van der Waals surface area contributed by atoms with Gasteiger partial charge in [-0.3, -0.25) is 14.4 Å². The molecule has 0 spiro atoms. The molecule has 0 heterocycles. The fraction of sp³-hybridized carbons (Fsp3) is 0.625. The van der Waals surface area contributed by atoms with Crippen molar-refractivity contribution < 1.29 is 34.8 Å². The molecule has 0 bridgehead atoms. The maximum absolute atomic E-state index is 10.7. The van der Waals surface area contributed by atoms with Crippen LogP contribution in [0.5, 0.6) is 0 Å². The smallest absolute Gasteiger partial charge is 0.335 e. The molecule has 0 saturated heterocycles. The Morgan fingerprint density at radius 2 is 1.40 bits per heavy atom. The van der Waals surface area contributed by atoms with E-state index < -0.39 is 29.4 Å². The van der Waals surface area contributed by atoms with Crippen molar-refractivity contribution in [3.63, 3.8) is 0 Å². The van der Waals surface area contributed by atoms with Crippen molar-refractivity contribution >= 4 is 17.9 Å². The lowest BCUT2D eigenvalue weighted by atomic mass is 9.80. The molecule has 0 fully saturated rings. The standard InChI is InChI=1S/C8H12O7/c1-2-3-4(9)8(5(10)11,6(12)13)7(14)15/h4,9H,2-3H2,1H3,(H,10,11)(H,12,13)(H,14,15). The predicted octanol–water partition coefficient (Wildman–Crippen LogP) is -0.612. The van der Waals surface area contributed by atoms with E-state index in [9.17, 15) is 19.5 Å². The van der Waals surface area contributed by atoms with E-state index in [-0.39, 0.29) is 12.8 Å². The van der Waals surface area contributed by atoms with Crippen molar-refractivity contribution in [2.24, 2.45) is 5.41 Å². The molecular weight excluding hydrogens is 208 g/mol. The van der Waals surface area contributed by atoms with Gasteiger partial charge >= 0.3 is 17.9 Å². The van der Waals surface area contributed by atoms with Crippen LogP contribution in [-0.4, -0.2) is 44.4 Å². The Morgan fingerprint density at radius 1 is 1.07 bits per heavy atom. The zero-order valence-corrected chi connectivity index (χ0v) is 8.01. The number of hydrogen-bond acceptors (Lipinski definition) is 4. The number of hydrogen-bond donors (Lipinski definition) is 4. The van der Waals surface area contributed by atoms with Crippen LogP contribution in [0.25, 0.3) is 0 Å². The molecule has 7 nitrogen and oxygen atoms in total. The molecule has 4 N–H and O–H groups in total. The van der Waals surface area contributed by atoms with Crippen LogP contribution in [0.15, 0.2) is 0 Å². The number of carboxylic acids is 3. The zero-order chi connectivity index (χ0) is 12.2. The molecule has 0 rings (SSSR count). The first-order valence-electron chi connectivity index (χ1n) is 4.20. The van der Waals surface area contributed by atoms with Crippen LogP contribution in [0, 0.1) is 5.41 Å². The lowest BCUT2D eigenvalue weighted by Gasteiger charge is -2.25. The molecule has 0 radical (unpaired) electrons. The first-order chi connectivity index (χ1) is 6.81. The van der Waals surface area contributed by atoms with Gasteiger partial charge in [0, 0.05) is 0 Å². The number of rotatable bonds is 6. The number of aliphatic hydroxyl groups is 1. The van der Waals surface area contributed by atoms with Gasteiger partial charge in [-0.05, 0) is 6.42 Å². The van der Waals surface area contributed by atoms with Crippen molar-refractivity contribution in [1.82, 2.24) is 0 Å². The Morgan fingerprint density at radius 3 is 1.60 bits per heavy atom. The molecule has 0 aromatic rings. The van der Waals surface area contributed by atoms with Crippen molar-refractivity contribution in [2.45, 2.75) is 25.9 Å². The lowest BCUT2D eigenvalue weighted by Crippen LogP contribution is -2.54. The van der Waals surface area contributed by atoms with E-state index >= 15 is 0 Å². The molecule has 0 aromatic carbocycles. The van der Waals surface area contributed by atoms with Gasteiger partial charge in [0.15, 0.2) is 0 Å². The summed E-state index contributed by atoms with van der Waals surface area (Å²) in [7, 11) is 0. The zero-order valence-electron chi connectivity index (χ0n) is 8.01. The van der Waals surface area contributed by atoms with E-state index in [0.717, 1.165) is 0 Å². The quantitative estimate of drug-likeness (QED) is 0.439. The van der Waals surface area contributed by atoms with E-state index in [1.807, 2.05) is 0 Å². The van der Waals surface area contributed by atoms with Crippen molar-refractivity contribution in [3.05, 3.63) is 0 Å². The third-order valence-electron chi connectivity index (χ3n) is 2.07. The number of carboxylic acid groups (broad SMARTS) is 3. The Bertz CT molecular complexity index is 247. The summed E-state index contributed by atoms with van der Waals surface area (Å²) in [5.74, 6) is -6.24. The fourth-order valence-electron chi connectivity index (χ4n) is 1.19. The fourth-order valence-corrected chi connectivity index (χ4v) is 1.19. The van der Waals surface area contributed by atoms with Crippen LogP contribution in [0.3, 0.4) is 0 Å². The normalized spacial score (nSPS) is 13.2. The Labute approximate surface area is 85.0 Å². The molecule has 0 aliphatic rings. The number of aliphatic hydroxyl groups excluding tert-OH is 1. The second kappa shape index (κ2) is 4.74. The highest BCUT2D eigenvalue weighted by molar-refractivity contribution is 6.16. The highest BCUT2D eigenvalue weighted by Crippen LogP contribution is 2.27. The molecule has 1 atom stereocenters. The van der Waals surface area contributed by atoms with Crippen molar-refractivity contribution in [1.29, 1.82) is 0 Å². The van der Waals surface area contributed by atoms with Crippen LogP contribution in [0.4, 0.5) is 0 Å². The molecule has 0 saturated carbocycles. The summed E-state index contributed by atoms with van der Waals surface area (Å²) in [6.45, 7) is 1.57. The van der Waals surface area contributed by atoms with E-state index in [4.69, 9.17) is 15.3 Å². The summed E-state index contributed by atoms with van der Waals surface area (Å²) in [6.07, 6.45) is -1.91. The van der Waals surface area contributed by atoms with Gasteiger partial charge in [0.05, 0.1) is 6.10 Å². The summed E-state index contributed by atoms with van der Waals surface area (Å²) >= 11 is 0. The molecule has 7 heteroatoms. The van der Waals surface area contributed by atoms with Crippen LogP contribution in [0.1, 0.15) is 19.8 Å². The van der Waals surface area contributed by atoms with Gasteiger partial charge < -0.3 is 20.4 Å². The van der Waals surface area contributed by atoms with Crippen LogP contribution >= 0.6 is 0 Å². The molecule has 15 heavy (non-hydrogen) atoms. The molecule has 0 aliphatic carbocycles. The van der Waals surface area contributed by atoms with Gasteiger partial charge in [0.1, 0.15) is 0 Å². The van der Waals surface area contributed by atoms with Gasteiger partial charge in [-0.1, -0.05) is 13.3 Å². The van der Waals surface area contributed by atoms with Gasteiger partial charge in [-0.2, -0.15) is 0 Å². The maximum atomic E-state index is 10.7. The first-order valence-corrected chi connectivity index (χ1v) is 4.20. The maximum Gasteiger partial charge on any atom is 0.335 e. The summed E-state index contributed by atoms with van der Waals surface area (Å²) in [6, 6.07) is 0. The Balaban J connectivity index is 5.42. The SMILES string of the molecule is CCCC(O)C(C(=O)O)(C(=O)O)C(=O)O.